The summed E-state index contributed by atoms with van der Waals surface area (Å²) in [4.78, 5) is 0. The van der Waals surface area contributed by atoms with E-state index in [9.17, 15) is 0 Å². The van der Waals surface area contributed by atoms with Crippen molar-refractivity contribution in [3.05, 3.63) is 35.4 Å². The molecule has 2 rings (SSSR count). The Bertz CT molecular complexity index is 302. The van der Waals surface area contributed by atoms with Crippen molar-refractivity contribution < 1.29 is 0 Å². The normalized spacial score (nSPS) is 19.0. The van der Waals surface area contributed by atoms with Gasteiger partial charge in [-0.05, 0) is 43.2 Å². The predicted molar refractivity (Wildman–Crippen MR) is 61.9 cm³/mol. The van der Waals surface area contributed by atoms with Crippen LogP contribution in [0.15, 0.2) is 24.3 Å². The maximum Gasteiger partial charge on any atom is 0.0404 e. The monoisotopic (exact) mass is 208 g/mol. The van der Waals surface area contributed by atoms with Crippen molar-refractivity contribution in [3.63, 3.8) is 0 Å². The van der Waals surface area contributed by atoms with Gasteiger partial charge >= 0.3 is 0 Å². The van der Waals surface area contributed by atoms with Crippen LogP contribution in [0.1, 0.15) is 30.4 Å². The van der Waals surface area contributed by atoms with Gasteiger partial charge in [-0.1, -0.05) is 30.7 Å². The molecule has 0 nitrogen and oxygen atoms in total. The Morgan fingerprint density at radius 2 is 2.07 bits per heavy atom. The summed E-state index contributed by atoms with van der Waals surface area (Å²) >= 11 is 6.39. The lowest BCUT2D eigenvalue weighted by molar-refractivity contribution is 0.301. The van der Waals surface area contributed by atoms with Crippen LogP contribution in [0.5, 0.6) is 0 Å². The molecule has 0 N–H and O–H groups in total. The fourth-order valence-corrected chi connectivity index (χ4v) is 2.44. The third-order valence-electron chi connectivity index (χ3n) is 3.34. The summed E-state index contributed by atoms with van der Waals surface area (Å²) in [7, 11) is 0. The molecular weight excluding hydrogens is 192 g/mol. The molecule has 0 heterocycles. The molecule has 0 aliphatic heterocycles. The molecule has 0 radical (unpaired) electrons. The number of hydrogen-bond acceptors (Lipinski definition) is 0. The van der Waals surface area contributed by atoms with Crippen molar-refractivity contribution in [1.82, 2.24) is 0 Å². The number of halogens is 1. The van der Waals surface area contributed by atoms with Crippen LogP contribution in [-0.4, -0.2) is 5.38 Å². The molecule has 1 aliphatic rings. The lowest BCUT2D eigenvalue weighted by Crippen LogP contribution is -2.24. The number of alkyl halides is 1. The first kappa shape index (κ1) is 10.0. The molecule has 0 bridgehead atoms. The smallest absolute Gasteiger partial charge is 0.0404 e. The van der Waals surface area contributed by atoms with Crippen molar-refractivity contribution in [2.75, 3.05) is 0 Å². The first-order chi connectivity index (χ1) is 6.77. The highest BCUT2D eigenvalue weighted by Crippen LogP contribution is 2.34. The van der Waals surface area contributed by atoms with E-state index in [-0.39, 0.29) is 0 Å². The Balaban J connectivity index is 1.99. The quantitative estimate of drug-likeness (QED) is 0.660. The second-order valence-electron chi connectivity index (χ2n) is 4.34. The molecule has 0 saturated heterocycles. The van der Waals surface area contributed by atoms with Gasteiger partial charge in [-0.25, -0.2) is 0 Å². The van der Waals surface area contributed by atoms with Gasteiger partial charge in [-0.3, -0.25) is 0 Å². The summed E-state index contributed by atoms with van der Waals surface area (Å²) in [6, 6.07) is 8.56. The van der Waals surface area contributed by atoms with Crippen molar-refractivity contribution in [3.8, 4) is 0 Å². The minimum atomic E-state index is 0.352. The van der Waals surface area contributed by atoms with Gasteiger partial charge in [0.15, 0.2) is 0 Å². The molecule has 1 aromatic rings. The zero-order valence-electron chi connectivity index (χ0n) is 8.67. The molecule has 0 spiro atoms. The van der Waals surface area contributed by atoms with Crippen molar-refractivity contribution in [2.24, 2.45) is 5.92 Å². The van der Waals surface area contributed by atoms with E-state index < -0.39 is 0 Å². The standard InChI is InChI=1S/C13H17Cl/c1-10-5-2-3-6-12(10)9-13(14)11-7-4-8-11/h2-3,5-6,11,13H,4,7-9H2,1H3. The fraction of sp³-hybridized carbons (Fsp3) is 0.538. The van der Waals surface area contributed by atoms with E-state index in [4.69, 9.17) is 11.6 Å². The maximum atomic E-state index is 6.39. The van der Waals surface area contributed by atoms with Crippen molar-refractivity contribution in [2.45, 2.75) is 38.0 Å². The first-order valence-corrected chi connectivity index (χ1v) is 5.89. The molecular formula is C13H17Cl. The van der Waals surface area contributed by atoms with Crippen LogP contribution in [0.4, 0.5) is 0 Å². The summed E-state index contributed by atoms with van der Waals surface area (Å²) in [5.41, 5.74) is 2.79. The molecule has 1 atom stereocenters. The van der Waals surface area contributed by atoms with Crippen LogP contribution >= 0.6 is 11.6 Å². The summed E-state index contributed by atoms with van der Waals surface area (Å²) in [6.45, 7) is 2.17. The van der Waals surface area contributed by atoms with Gasteiger partial charge in [0, 0.05) is 5.38 Å². The molecule has 1 heteroatoms. The Morgan fingerprint density at radius 3 is 2.64 bits per heavy atom. The third-order valence-corrected chi connectivity index (χ3v) is 3.85. The highest BCUT2D eigenvalue weighted by molar-refractivity contribution is 6.21. The molecule has 0 aromatic heterocycles. The molecule has 1 unspecified atom stereocenters. The van der Waals surface area contributed by atoms with Crippen LogP contribution in [-0.2, 0) is 6.42 Å². The van der Waals surface area contributed by atoms with Crippen molar-refractivity contribution in [1.29, 1.82) is 0 Å². The second kappa shape index (κ2) is 4.35. The van der Waals surface area contributed by atoms with Gasteiger partial charge in [0.25, 0.3) is 0 Å². The Kier molecular flexibility index (Phi) is 3.12. The Labute approximate surface area is 91.3 Å². The van der Waals surface area contributed by atoms with E-state index in [1.165, 1.54) is 30.4 Å². The summed E-state index contributed by atoms with van der Waals surface area (Å²) in [5.74, 6) is 0.774. The van der Waals surface area contributed by atoms with Crippen LogP contribution in [0.25, 0.3) is 0 Å². The summed E-state index contributed by atoms with van der Waals surface area (Å²) in [5, 5.41) is 0.352. The van der Waals surface area contributed by atoms with E-state index in [1.54, 1.807) is 0 Å². The molecule has 1 fully saturated rings. The summed E-state index contributed by atoms with van der Waals surface area (Å²) in [6.07, 6.45) is 5.08. The Morgan fingerprint density at radius 1 is 1.36 bits per heavy atom. The molecule has 1 aromatic carbocycles. The first-order valence-electron chi connectivity index (χ1n) is 5.46. The van der Waals surface area contributed by atoms with Crippen LogP contribution in [0.3, 0.4) is 0 Å². The molecule has 14 heavy (non-hydrogen) atoms. The van der Waals surface area contributed by atoms with E-state index in [1.807, 2.05) is 0 Å². The van der Waals surface area contributed by atoms with Gasteiger partial charge < -0.3 is 0 Å². The average molecular weight is 209 g/mol. The number of benzene rings is 1. The van der Waals surface area contributed by atoms with Gasteiger partial charge in [0.1, 0.15) is 0 Å². The third kappa shape index (κ3) is 2.12. The zero-order chi connectivity index (χ0) is 9.97. The molecule has 1 saturated carbocycles. The van der Waals surface area contributed by atoms with Crippen molar-refractivity contribution >= 4 is 11.6 Å². The van der Waals surface area contributed by atoms with Gasteiger partial charge in [-0.15, -0.1) is 11.6 Å². The lowest BCUT2D eigenvalue weighted by Gasteiger charge is -2.30. The van der Waals surface area contributed by atoms with Gasteiger partial charge in [0.05, 0.1) is 0 Å². The Hall–Kier alpha value is -0.490. The van der Waals surface area contributed by atoms with Crippen LogP contribution in [0.2, 0.25) is 0 Å². The van der Waals surface area contributed by atoms with Crippen LogP contribution < -0.4 is 0 Å². The largest absolute Gasteiger partial charge is 0.122 e. The van der Waals surface area contributed by atoms with Gasteiger partial charge in [-0.2, -0.15) is 0 Å². The summed E-state index contributed by atoms with van der Waals surface area (Å²) < 4.78 is 0. The molecule has 1 aliphatic carbocycles. The highest BCUT2D eigenvalue weighted by atomic mass is 35.5. The number of hydrogen-bond donors (Lipinski definition) is 0. The number of rotatable bonds is 3. The minimum Gasteiger partial charge on any atom is -0.122 e. The van der Waals surface area contributed by atoms with E-state index >= 15 is 0 Å². The molecule has 76 valence electrons. The maximum absolute atomic E-state index is 6.39. The van der Waals surface area contributed by atoms with Gasteiger partial charge in [0.2, 0.25) is 0 Å². The zero-order valence-corrected chi connectivity index (χ0v) is 9.43. The minimum absolute atomic E-state index is 0.352. The van der Waals surface area contributed by atoms with E-state index in [2.05, 4.69) is 31.2 Å². The SMILES string of the molecule is Cc1ccccc1CC(Cl)C1CCC1. The van der Waals surface area contributed by atoms with Crippen LogP contribution in [0, 0.1) is 12.8 Å². The lowest BCUT2D eigenvalue weighted by atomic mass is 9.80. The topological polar surface area (TPSA) is 0 Å². The predicted octanol–water partition coefficient (Wildman–Crippen LogP) is 3.95. The van der Waals surface area contributed by atoms with E-state index in [0.29, 0.717) is 5.38 Å². The highest BCUT2D eigenvalue weighted by Gasteiger charge is 2.25. The average Bonchev–Trinajstić information content (AvgIpc) is 2.05. The second-order valence-corrected chi connectivity index (χ2v) is 4.90. The fourth-order valence-electron chi connectivity index (χ4n) is 2.02. The van der Waals surface area contributed by atoms with E-state index in [0.717, 1.165) is 12.3 Å². The number of aryl methyl sites for hydroxylation is 1. The molecule has 0 amide bonds.